The number of nitrogens with zero attached hydrogens (tertiary/aromatic N) is 1. The molecule has 0 atom stereocenters. The molecule has 0 saturated heterocycles. The van der Waals surface area contributed by atoms with Crippen molar-refractivity contribution in [1.82, 2.24) is 0 Å². The first-order valence-corrected chi connectivity index (χ1v) is 7.46. The van der Waals surface area contributed by atoms with Gasteiger partial charge in [-0.3, -0.25) is 4.99 Å². The summed E-state index contributed by atoms with van der Waals surface area (Å²) >= 11 is 0. The number of guanidine groups is 1. The molecule has 0 unspecified atom stereocenters. The van der Waals surface area contributed by atoms with Gasteiger partial charge < -0.3 is 15.8 Å². The van der Waals surface area contributed by atoms with Crippen molar-refractivity contribution in [1.29, 1.82) is 0 Å². The zero-order chi connectivity index (χ0) is 16.5. The molecule has 0 radical (unpaired) electrons. The Morgan fingerprint density at radius 1 is 1.17 bits per heavy atom. The number of benzene rings is 2. The van der Waals surface area contributed by atoms with Crippen molar-refractivity contribution >= 4 is 11.6 Å². The highest BCUT2D eigenvalue weighted by Gasteiger charge is 1.97. The molecule has 0 aliphatic heterocycles. The molecular weight excluding hydrogens is 286 g/mol. The smallest absolute Gasteiger partial charge is 0.193 e. The summed E-state index contributed by atoms with van der Waals surface area (Å²) < 4.78 is 5.33. The number of anilines is 1. The van der Waals surface area contributed by atoms with Crippen LogP contribution < -0.4 is 15.8 Å². The molecule has 0 aliphatic carbocycles. The summed E-state index contributed by atoms with van der Waals surface area (Å²) in [6.07, 6.45) is 5.97. The van der Waals surface area contributed by atoms with Crippen LogP contribution in [0.25, 0.3) is 0 Å². The fraction of sp³-hybridized carbons (Fsp3) is 0.211. The summed E-state index contributed by atoms with van der Waals surface area (Å²) in [5, 5.41) is 3.08. The number of ether oxygens (including phenoxy) is 1. The predicted octanol–water partition coefficient (Wildman–Crippen LogP) is 2.98. The van der Waals surface area contributed by atoms with Gasteiger partial charge in [0.1, 0.15) is 12.4 Å². The summed E-state index contributed by atoms with van der Waals surface area (Å²) in [5.41, 5.74) is 9.20. The zero-order valence-corrected chi connectivity index (χ0v) is 13.3. The van der Waals surface area contributed by atoms with Crippen molar-refractivity contribution in [3.63, 3.8) is 0 Å². The van der Waals surface area contributed by atoms with E-state index in [1.54, 1.807) is 0 Å². The molecule has 2 rings (SSSR count). The van der Waals surface area contributed by atoms with Crippen molar-refractivity contribution in [3.05, 3.63) is 59.7 Å². The Balaban J connectivity index is 1.81. The van der Waals surface area contributed by atoms with Crippen molar-refractivity contribution < 1.29 is 4.74 Å². The van der Waals surface area contributed by atoms with Gasteiger partial charge in [0.05, 0.1) is 0 Å². The summed E-state index contributed by atoms with van der Waals surface area (Å²) in [7, 11) is 0. The largest absolute Gasteiger partial charge is 0.481 e. The Kier molecular flexibility index (Phi) is 6.07. The highest BCUT2D eigenvalue weighted by Crippen LogP contribution is 2.12. The third-order valence-electron chi connectivity index (χ3n) is 3.25. The van der Waals surface area contributed by atoms with E-state index < -0.39 is 0 Å². The molecule has 0 bridgehead atoms. The lowest BCUT2D eigenvalue weighted by Gasteiger charge is -2.06. The van der Waals surface area contributed by atoms with Crippen molar-refractivity contribution in [2.24, 2.45) is 10.7 Å². The Morgan fingerprint density at radius 3 is 2.52 bits per heavy atom. The predicted molar refractivity (Wildman–Crippen MR) is 95.8 cm³/mol. The van der Waals surface area contributed by atoms with Crippen LogP contribution in [-0.4, -0.2) is 19.1 Å². The van der Waals surface area contributed by atoms with Crippen LogP contribution in [0, 0.1) is 19.3 Å². The summed E-state index contributed by atoms with van der Waals surface area (Å²) in [4.78, 5) is 4.33. The molecule has 4 heteroatoms. The third kappa shape index (κ3) is 5.76. The Hall–Kier alpha value is -2.93. The molecule has 118 valence electrons. The minimum Gasteiger partial charge on any atom is -0.481 e. The van der Waals surface area contributed by atoms with Crippen LogP contribution in [0.1, 0.15) is 11.1 Å². The minimum atomic E-state index is 0.283. The van der Waals surface area contributed by atoms with E-state index in [2.05, 4.69) is 16.2 Å². The highest BCUT2D eigenvalue weighted by molar-refractivity contribution is 5.92. The van der Waals surface area contributed by atoms with Crippen LogP contribution >= 0.6 is 0 Å². The monoisotopic (exact) mass is 307 g/mol. The first-order valence-electron chi connectivity index (χ1n) is 7.46. The van der Waals surface area contributed by atoms with Crippen LogP contribution in [-0.2, 0) is 6.42 Å². The van der Waals surface area contributed by atoms with E-state index in [-0.39, 0.29) is 6.61 Å². The Bertz CT molecular complexity index is 682. The topological polar surface area (TPSA) is 59.6 Å². The number of hydrogen-bond acceptors (Lipinski definition) is 2. The molecule has 4 nitrogen and oxygen atoms in total. The SMILES string of the molecule is C#CCOc1ccc(CCN=C(N)Nc2ccc(C)cc2)cc1. The van der Waals surface area contributed by atoms with Crippen molar-refractivity contribution in [3.8, 4) is 18.1 Å². The number of nitrogens with two attached hydrogens (primary N) is 1. The van der Waals surface area contributed by atoms with Crippen molar-refractivity contribution in [2.45, 2.75) is 13.3 Å². The zero-order valence-electron chi connectivity index (χ0n) is 13.3. The number of terminal acetylenes is 1. The van der Waals surface area contributed by atoms with E-state index in [4.69, 9.17) is 16.9 Å². The van der Waals surface area contributed by atoms with E-state index in [0.717, 1.165) is 17.9 Å². The number of aliphatic imine (C=N–C) groups is 1. The maximum Gasteiger partial charge on any atom is 0.193 e. The van der Waals surface area contributed by atoms with Crippen LogP contribution in [0.2, 0.25) is 0 Å². The van der Waals surface area contributed by atoms with E-state index in [9.17, 15) is 0 Å². The molecule has 0 saturated carbocycles. The van der Waals surface area contributed by atoms with Gasteiger partial charge in [0.25, 0.3) is 0 Å². The van der Waals surface area contributed by atoms with E-state index in [1.165, 1.54) is 11.1 Å². The highest BCUT2D eigenvalue weighted by atomic mass is 16.5. The average Bonchev–Trinajstić information content (AvgIpc) is 2.56. The molecule has 23 heavy (non-hydrogen) atoms. The van der Waals surface area contributed by atoms with Crippen LogP contribution in [0.3, 0.4) is 0 Å². The number of rotatable bonds is 6. The van der Waals surface area contributed by atoms with Gasteiger partial charge in [0.2, 0.25) is 0 Å². The summed E-state index contributed by atoms with van der Waals surface area (Å²) in [6.45, 7) is 2.95. The molecule has 0 spiro atoms. The van der Waals surface area contributed by atoms with Gasteiger partial charge in [-0.15, -0.1) is 6.42 Å². The van der Waals surface area contributed by atoms with Gasteiger partial charge >= 0.3 is 0 Å². The normalized spacial score (nSPS) is 10.9. The lowest BCUT2D eigenvalue weighted by Crippen LogP contribution is -2.23. The van der Waals surface area contributed by atoms with Gasteiger partial charge in [-0.1, -0.05) is 35.7 Å². The first-order chi connectivity index (χ1) is 11.2. The molecule has 0 fully saturated rings. The average molecular weight is 307 g/mol. The van der Waals surface area contributed by atoms with Gasteiger partial charge in [0, 0.05) is 12.2 Å². The van der Waals surface area contributed by atoms with E-state index in [0.29, 0.717) is 12.5 Å². The van der Waals surface area contributed by atoms with Gasteiger partial charge in [0.15, 0.2) is 5.96 Å². The van der Waals surface area contributed by atoms with Crippen LogP contribution in [0.5, 0.6) is 5.75 Å². The second-order valence-electron chi connectivity index (χ2n) is 5.14. The van der Waals surface area contributed by atoms with E-state index >= 15 is 0 Å². The minimum absolute atomic E-state index is 0.283. The number of aryl methyl sites for hydroxylation is 1. The molecular formula is C19H21N3O. The van der Waals surface area contributed by atoms with E-state index in [1.807, 2.05) is 55.5 Å². The van der Waals surface area contributed by atoms with Gasteiger partial charge in [-0.2, -0.15) is 0 Å². The number of hydrogen-bond donors (Lipinski definition) is 2. The fourth-order valence-electron chi connectivity index (χ4n) is 2.01. The maximum atomic E-state index is 5.89. The third-order valence-corrected chi connectivity index (χ3v) is 3.25. The maximum absolute atomic E-state index is 5.89. The fourth-order valence-corrected chi connectivity index (χ4v) is 2.01. The molecule has 2 aromatic rings. The lowest BCUT2D eigenvalue weighted by atomic mass is 10.1. The molecule has 0 amide bonds. The Labute approximate surface area is 137 Å². The second kappa shape index (κ2) is 8.50. The quantitative estimate of drug-likeness (QED) is 0.490. The molecule has 0 aromatic heterocycles. The molecule has 3 N–H and O–H groups in total. The first kappa shape index (κ1) is 16.4. The van der Waals surface area contributed by atoms with Crippen LogP contribution in [0.15, 0.2) is 53.5 Å². The Morgan fingerprint density at radius 2 is 1.87 bits per heavy atom. The molecule has 0 aliphatic rings. The molecule has 0 heterocycles. The van der Waals surface area contributed by atoms with Crippen molar-refractivity contribution in [2.75, 3.05) is 18.5 Å². The van der Waals surface area contributed by atoms with Gasteiger partial charge in [-0.05, 0) is 43.2 Å². The summed E-state index contributed by atoms with van der Waals surface area (Å²) in [5.74, 6) is 3.63. The lowest BCUT2D eigenvalue weighted by molar-refractivity contribution is 0.370. The standard InChI is InChI=1S/C19H21N3O/c1-3-14-23-18-10-6-16(7-11-18)12-13-21-19(20)22-17-8-4-15(2)5-9-17/h1,4-11H,12-14H2,2H3,(H3,20,21,22). The second-order valence-corrected chi connectivity index (χ2v) is 5.14. The summed E-state index contributed by atoms with van der Waals surface area (Å²) in [6, 6.07) is 15.8. The van der Waals surface area contributed by atoms with Crippen LogP contribution in [0.4, 0.5) is 5.69 Å². The number of nitrogens with one attached hydrogen (secondary N) is 1. The van der Waals surface area contributed by atoms with Gasteiger partial charge in [-0.25, -0.2) is 0 Å². The molecule has 2 aromatic carbocycles.